The fourth-order valence-electron chi connectivity index (χ4n) is 2.41. The van der Waals surface area contributed by atoms with Gasteiger partial charge in [-0.2, -0.15) is 0 Å². The van der Waals surface area contributed by atoms with Gasteiger partial charge in [-0.15, -0.1) is 0 Å². The van der Waals surface area contributed by atoms with Crippen LogP contribution in [-0.4, -0.2) is 17.1 Å². The maximum absolute atomic E-state index is 5.32. The van der Waals surface area contributed by atoms with E-state index in [1.807, 2.05) is 48.5 Å². The van der Waals surface area contributed by atoms with Crippen LogP contribution in [0.2, 0.25) is 0 Å². The minimum atomic E-state index is 0.324. The number of rotatable bonds is 3. The zero-order valence-electron chi connectivity index (χ0n) is 12.5. The molecule has 3 nitrogen and oxygen atoms in total. The molecule has 0 amide bonds. The van der Waals surface area contributed by atoms with Gasteiger partial charge in [0.15, 0.2) is 5.82 Å². The van der Waals surface area contributed by atoms with Crippen LogP contribution < -0.4 is 4.74 Å². The molecule has 106 valence electrons. The largest absolute Gasteiger partial charge is 0.497 e. The van der Waals surface area contributed by atoms with E-state index in [2.05, 4.69) is 13.8 Å². The van der Waals surface area contributed by atoms with Gasteiger partial charge in [0, 0.05) is 10.9 Å². The van der Waals surface area contributed by atoms with Crippen LogP contribution in [0.3, 0.4) is 0 Å². The quantitative estimate of drug-likeness (QED) is 0.711. The fourth-order valence-corrected chi connectivity index (χ4v) is 2.41. The smallest absolute Gasteiger partial charge is 0.160 e. The number of hydrogen-bond donors (Lipinski definition) is 0. The van der Waals surface area contributed by atoms with Crippen molar-refractivity contribution >= 4 is 10.9 Å². The molecule has 0 unspecified atom stereocenters. The Morgan fingerprint density at radius 2 is 1.71 bits per heavy atom. The second kappa shape index (κ2) is 5.52. The molecule has 21 heavy (non-hydrogen) atoms. The van der Waals surface area contributed by atoms with Crippen molar-refractivity contribution in [3.63, 3.8) is 0 Å². The Hall–Kier alpha value is -2.42. The molecule has 0 aliphatic heterocycles. The maximum atomic E-state index is 5.32. The summed E-state index contributed by atoms with van der Waals surface area (Å²) in [6, 6.07) is 16.0. The molecule has 3 aromatic rings. The highest BCUT2D eigenvalue weighted by atomic mass is 16.5. The number of fused-ring (bicyclic) bond motifs is 1. The summed E-state index contributed by atoms with van der Waals surface area (Å²) in [4.78, 5) is 9.48. The highest BCUT2D eigenvalue weighted by Crippen LogP contribution is 2.28. The summed E-state index contributed by atoms with van der Waals surface area (Å²) in [7, 11) is 1.68. The Morgan fingerprint density at radius 3 is 2.38 bits per heavy atom. The van der Waals surface area contributed by atoms with Gasteiger partial charge in [0.1, 0.15) is 5.75 Å². The molecule has 0 atom stereocenters. The first kappa shape index (κ1) is 13.6. The molecular formula is C18H18N2O. The average molecular weight is 278 g/mol. The van der Waals surface area contributed by atoms with Crippen molar-refractivity contribution in [2.75, 3.05) is 7.11 Å². The van der Waals surface area contributed by atoms with Gasteiger partial charge in [0.05, 0.1) is 18.3 Å². The zero-order chi connectivity index (χ0) is 14.8. The maximum Gasteiger partial charge on any atom is 0.160 e. The molecule has 3 rings (SSSR count). The van der Waals surface area contributed by atoms with Crippen molar-refractivity contribution in [3.8, 4) is 17.1 Å². The number of methoxy groups -OCH3 is 1. The predicted octanol–water partition coefficient (Wildman–Crippen LogP) is 4.43. The third kappa shape index (κ3) is 2.59. The molecule has 0 fully saturated rings. The van der Waals surface area contributed by atoms with Crippen LogP contribution in [0.5, 0.6) is 5.75 Å². The molecule has 2 aromatic carbocycles. The highest BCUT2D eigenvalue weighted by molar-refractivity contribution is 5.84. The first-order valence-corrected chi connectivity index (χ1v) is 7.10. The Bertz CT molecular complexity index is 767. The van der Waals surface area contributed by atoms with Crippen LogP contribution >= 0.6 is 0 Å². The van der Waals surface area contributed by atoms with E-state index in [4.69, 9.17) is 14.7 Å². The van der Waals surface area contributed by atoms with Gasteiger partial charge in [-0.05, 0) is 24.1 Å². The van der Waals surface area contributed by atoms with Gasteiger partial charge in [-0.25, -0.2) is 9.97 Å². The minimum absolute atomic E-state index is 0.324. The molecule has 0 spiro atoms. The Kier molecular flexibility index (Phi) is 3.57. The van der Waals surface area contributed by atoms with Crippen molar-refractivity contribution in [1.82, 2.24) is 9.97 Å². The molecule has 0 saturated heterocycles. The third-order valence-corrected chi connectivity index (χ3v) is 3.51. The van der Waals surface area contributed by atoms with Crippen molar-refractivity contribution in [3.05, 3.63) is 54.2 Å². The van der Waals surface area contributed by atoms with Crippen LogP contribution in [0.1, 0.15) is 25.5 Å². The number of aromatic nitrogens is 2. The van der Waals surface area contributed by atoms with E-state index in [-0.39, 0.29) is 0 Å². The van der Waals surface area contributed by atoms with Crippen molar-refractivity contribution in [1.29, 1.82) is 0 Å². The molecule has 0 N–H and O–H groups in total. The van der Waals surface area contributed by atoms with E-state index < -0.39 is 0 Å². The number of benzene rings is 2. The van der Waals surface area contributed by atoms with Crippen LogP contribution in [-0.2, 0) is 0 Å². The third-order valence-electron chi connectivity index (χ3n) is 3.51. The number of nitrogens with zero attached hydrogens (tertiary/aromatic N) is 2. The fraction of sp³-hybridized carbons (Fsp3) is 0.222. The Balaban J connectivity index is 2.26. The molecule has 0 radical (unpaired) electrons. The molecule has 1 heterocycles. The molecule has 0 aliphatic carbocycles. The van der Waals surface area contributed by atoms with E-state index in [0.29, 0.717) is 5.92 Å². The molecule has 0 aliphatic rings. The average Bonchev–Trinajstić information content (AvgIpc) is 2.54. The summed E-state index contributed by atoms with van der Waals surface area (Å²) in [5, 5.41) is 1.06. The number of ether oxygens (including phenoxy) is 1. The summed E-state index contributed by atoms with van der Waals surface area (Å²) < 4.78 is 5.32. The van der Waals surface area contributed by atoms with Gasteiger partial charge < -0.3 is 4.74 Å². The molecule has 0 bridgehead atoms. The van der Waals surface area contributed by atoms with Crippen molar-refractivity contribution < 1.29 is 4.74 Å². The van der Waals surface area contributed by atoms with E-state index in [1.54, 1.807) is 7.11 Å². The van der Waals surface area contributed by atoms with Gasteiger partial charge in [0.2, 0.25) is 0 Å². The Morgan fingerprint density at radius 1 is 0.952 bits per heavy atom. The topological polar surface area (TPSA) is 35.0 Å². The van der Waals surface area contributed by atoms with E-state index in [1.165, 1.54) is 0 Å². The van der Waals surface area contributed by atoms with E-state index >= 15 is 0 Å². The second-order valence-electron chi connectivity index (χ2n) is 5.34. The number of hydrogen-bond acceptors (Lipinski definition) is 3. The lowest BCUT2D eigenvalue weighted by molar-refractivity contribution is 0.415. The van der Waals surface area contributed by atoms with Crippen molar-refractivity contribution in [2.45, 2.75) is 19.8 Å². The zero-order valence-corrected chi connectivity index (χ0v) is 12.5. The standard InChI is InChI=1S/C18H18N2O/c1-12(2)17-15-11-14(21-3)9-10-16(15)19-18(20-17)13-7-5-4-6-8-13/h4-12H,1-3H3. The minimum Gasteiger partial charge on any atom is -0.497 e. The van der Waals surface area contributed by atoms with Crippen LogP contribution in [0.15, 0.2) is 48.5 Å². The molecule has 0 saturated carbocycles. The summed E-state index contributed by atoms with van der Waals surface area (Å²) in [5.41, 5.74) is 3.04. The van der Waals surface area contributed by atoms with Gasteiger partial charge in [0.25, 0.3) is 0 Å². The Labute approximate surface area is 124 Å². The van der Waals surface area contributed by atoms with Crippen LogP contribution in [0, 0.1) is 0 Å². The molecule has 1 aromatic heterocycles. The van der Waals surface area contributed by atoms with Gasteiger partial charge in [-0.1, -0.05) is 44.2 Å². The van der Waals surface area contributed by atoms with Crippen LogP contribution in [0.4, 0.5) is 0 Å². The first-order valence-electron chi connectivity index (χ1n) is 7.10. The summed E-state index contributed by atoms with van der Waals surface area (Å²) in [5.74, 6) is 1.93. The molecular weight excluding hydrogens is 260 g/mol. The SMILES string of the molecule is COc1ccc2nc(-c3ccccc3)nc(C(C)C)c2c1. The molecule has 3 heteroatoms. The summed E-state index contributed by atoms with van der Waals surface area (Å²) in [6.45, 7) is 4.30. The first-order chi connectivity index (χ1) is 10.2. The highest BCUT2D eigenvalue weighted by Gasteiger charge is 2.12. The summed E-state index contributed by atoms with van der Waals surface area (Å²) in [6.07, 6.45) is 0. The lowest BCUT2D eigenvalue weighted by Gasteiger charge is -2.12. The normalized spacial score (nSPS) is 11.0. The van der Waals surface area contributed by atoms with Gasteiger partial charge >= 0.3 is 0 Å². The monoisotopic (exact) mass is 278 g/mol. The lowest BCUT2D eigenvalue weighted by Crippen LogP contribution is -2.00. The van der Waals surface area contributed by atoms with Crippen LogP contribution in [0.25, 0.3) is 22.3 Å². The lowest BCUT2D eigenvalue weighted by atomic mass is 10.0. The van der Waals surface area contributed by atoms with Gasteiger partial charge in [-0.3, -0.25) is 0 Å². The summed E-state index contributed by atoms with van der Waals surface area (Å²) >= 11 is 0. The van der Waals surface area contributed by atoms with Crippen molar-refractivity contribution in [2.24, 2.45) is 0 Å². The second-order valence-corrected chi connectivity index (χ2v) is 5.34. The van der Waals surface area contributed by atoms with E-state index in [9.17, 15) is 0 Å². The predicted molar refractivity (Wildman–Crippen MR) is 85.6 cm³/mol. The van der Waals surface area contributed by atoms with E-state index in [0.717, 1.165) is 33.7 Å².